The predicted molar refractivity (Wildman–Crippen MR) is 95.1 cm³/mol. The number of thiophene rings is 1. The topological polar surface area (TPSA) is 18.5 Å². The summed E-state index contributed by atoms with van der Waals surface area (Å²) in [4.78, 5) is 7.62. The Morgan fingerprint density at radius 1 is 1.19 bits per heavy atom. The van der Waals surface area contributed by atoms with Crippen LogP contribution in [0.4, 0.5) is 0 Å². The first-order valence-corrected chi connectivity index (χ1v) is 8.82. The molecule has 0 aliphatic heterocycles. The van der Waals surface area contributed by atoms with Crippen LogP contribution in [0.1, 0.15) is 35.6 Å². The lowest BCUT2D eigenvalue weighted by atomic mass is 10.2. The number of nitrogens with one attached hydrogen (secondary N) is 1. The molecule has 4 heteroatoms. The van der Waals surface area contributed by atoms with Crippen molar-refractivity contribution in [1.82, 2.24) is 15.1 Å². The second-order valence-corrected chi connectivity index (χ2v) is 8.05. The molecule has 3 nitrogen and oxygen atoms in total. The quantitative estimate of drug-likeness (QED) is 0.716. The molecule has 0 aliphatic carbocycles. The monoisotopic (exact) mass is 311 g/mol. The summed E-state index contributed by atoms with van der Waals surface area (Å²) in [7, 11) is 6.50. The van der Waals surface area contributed by atoms with E-state index in [1.165, 1.54) is 21.7 Å². The van der Waals surface area contributed by atoms with Crippen molar-refractivity contribution in [2.24, 2.45) is 5.92 Å². The summed E-state index contributed by atoms with van der Waals surface area (Å²) in [5, 5.41) is 3.53. The van der Waals surface area contributed by atoms with Crippen molar-refractivity contribution >= 4 is 11.3 Å². The lowest BCUT2D eigenvalue weighted by molar-refractivity contribution is 0.294. The Kier molecular flexibility index (Phi) is 8.49. The minimum absolute atomic E-state index is 0.716. The highest BCUT2D eigenvalue weighted by Crippen LogP contribution is 2.22. The fourth-order valence-corrected chi connectivity index (χ4v) is 3.37. The van der Waals surface area contributed by atoms with Gasteiger partial charge in [-0.25, -0.2) is 0 Å². The third-order valence-electron chi connectivity index (χ3n) is 3.51. The number of hydrogen-bond acceptors (Lipinski definition) is 4. The van der Waals surface area contributed by atoms with Gasteiger partial charge in [0.05, 0.1) is 0 Å². The average molecular weight is 312 g/mol. The first-order valence-electron chi connectivity index (χ1n) is 8.00. The Morgan fingerprint density at radius 3 is 2.52 bits per heavy atom. The van der Waals surface area contributed by atoms with E-state index in [9.17, 15) is 0 Å². The molecule has 21 heavy (non-hydrogen) atoms. The summed E-state index contributed by atoms with van der Waals surface area (Å²) in [6.45, 7) is 12.2. The maximum absolute atomic E-state index is 3.53. The fraction of sp³-hybridized carbons (Fsp3) is 0.765. The van der Waals surface area contributed by atoms with Gasteiger partial charge in [-0.05, 0) is 71.7 Å². The summed E-state index contributed by atoms with van der Waals surface area (Å²) >= 11 is 1.94. The van der Waals surface area contributed by atoms with Crippen LogP contribution in [0.15, 0.2) is 6.07 Å². The van der Waals surface area contributed by atoms with Gasteiger partial charge in [0.25, 0.3) is 0 Å². The van der Waals surface area contributed by atoms with Gasteiger partial charge >= 0.3 is 0 Å². The maximum atomic E-state index is 3.53. The largest absolute Gasteiger partial charge is 0.312 e. The zero-order valence-electron chi connectivity index (χ0n) is 14.7. The highest BCUT2D eigenvalue weighted by Gasteiger charge is 2.08. The van der Waals surface area contributed by atoms with Crippen molar-refractivity contribution in [2.75, 3.05) is 40.8 Å². The van der Waals surface area contributed by atoms with Crippen molar-refractivity contribution in [3.8, 4) is 0 Å². The predicted octanol–water partition coefficient (Wildman–Crippen LogP) is 3.19. The molecule has 0 saturated heterocycles. The molecule has 1 heterocycles. The van der Waals surface area contributed by atoms with Gasteiger partial charge in [0.15, 0.2) is 0 Å². The van der Waals surface area contributed by atoms with Gasteiger partial charge in [-0.3, -0.25) is 0 Å². The van der Waals surface area contributed by atoms with E-state index in [0.29, 0.717) is 5.92 Å². The third-order valence-corrected chi connectivity index (χ3v) is 4.60. The normalized spacial score (nSPS) is 12.0. The summed E-state index contributed by atoms with van der Waals surface area (Å²) < 4.78 is 0. The van der Waals surface area contributed by atoms with Gasteiger partial charge in [0, 0.05) is 22.8 Å². The minimum Gasteiger partial charge on any atom is -0.312 e. The molecule has 0 amide bonds. The summed E-state index contributed by atoms with van der Waals surface area (Å²) in [6.07, 6.45) is 1.23. The van der Waals surface area contributed by atoms with E-state index in [0.717, 1.165) is 32.7 Å². The zero-order valence-corrected chi connectivity index (χ0v) is 15.5. The molecule has 0 fully saturated rings. The van der Waals surface area contributed by atoms with Crippen LogP contribution in [0.5, 0.6) is 0 Å². The fourth-order valence-electron chi connectivity index (χ4n) is 2.34. The summed E-state index contributed by atoms with van der Waals surface area (Å²) in [5.41, 5.74) is 1.49. The Hall–Kier alpha value is -0.420. The van der Waals surface area contributed by atoms with Crippen LogP contribution in [0.25, 0.3) is 0 Å². The highest BCUT2D eigenvalue weighted by molar-refractivity contribution is 7.12. The first-order chi connectivity index (χ1) is 9.88. The molecule has 122 valence electrons. The zero-order chi connectivity index (χ0) is 15.8. The summed E-state index contributed by atoms with van der Waals surface area (Å²) in [6, 6.07) is 2.38. The van der Waals surface area contributed by atoms with Gasteiger partial charge < -0.3 is 15.1 Å². The number of hydrogen-bond donors (Lipinski definition) is 1. The van der Waals surface area contributed by atoms with E-state index >= 15 is 0 Å². The lowest BCUT2D eigenvalue weighted by Gasteiger charge is -2.18. The molecule has 0 spiro atoms. The first kappa shape index (κ1) is 18.6. The van der Waals surface area contributed by atoms with E-state index < -0.39 is 0 Å². The highest BCUT2D eigenvalue weighted by atomic mass is 32.1. The molecule has 1 aromatic heterocycles. The average Bonchev–Trinajstić information content (AvgIpc) is 2.69. The van der Waals surface area contributed by atoms with Crippen molar-refractivity contribution in [3.05, 3.63) is 21.4 Å². The van der Waals surface area contributed by atoms with Crippen LogP contribution in [0.2, 0.25) is 0 Å². The molecule has 0 saturated carbocycles. The Morgan fingerprint density at radius 2 is 1.90 bits per heavy atom. The minimum atomic E-state index is 0.716. The van der Waals surface area contributed by atoms with Crippen LogP contribution in [0, 0.1) is 12.8 Å². The number of aryl methyl sites for hydroxylation is 1. The van der Waals surface area contributed by atoms with E-state index in [4.69, 9.17) is 0 Å². The second-order valence-electron chi connectivity index (χ2n) is 6.71. The van der Waals surface area contributed by atoms with Gasteiger partial charge in [-0.1, -0.05) is 13.8 Å². The molecule has 0 atom stereocenters. The van der Waals surface area contributed by atoms with E-state index in [2.05, 4.69) is 63.1 Å². The molecular weight excluding hydrogens is 278 g/mol. The van der Waals surface area contributed by atoms with Crippen molar-refractivity contribution < 1.29 is 0 Å². The van der Waals surface area contributed by atoms with E-state index in [1.807, 2.05) is 11.3 Å². The molecule has 1 aromatic rings. The molecular formula is C17H33N3S. The molecule has 0 aromatic carbocycles. The molecule has 0 radical (unpaired) electrons. The van der Waals surface area contributed by atoms with Crippen LogP contribution >= 0.6 is 11.3 Å². The van der Waals surface area contributed by atoms with Crippen LogP contribution in [-0.2, 0) is 13.1 Å². The number of rotatable bonds is 10. The van der Waals surface area contributed by atoms with E-state index in [1.54, 1.807) is 0 Å². The molecule has 0 aliphatic rings. The Bertz CT molecular complexity index is 399. The molecule has 1 rings (SSSR count). The molecule has 1 N–H and O–H groups in total. The van der Waals surface area contributed by atoms with Crippen LogP contribution in [0.3, 0.4) is 0 Å². The van der Waals surface area contributed by atoms with Crippen molar-refractivity contribution in [3.63, 3.8) is 0 Å². The smallest absolute Gasteiger partial charge is 0.0300 e. The standard InChI is InChI=1S/C17H33N3S/c1-14(2)11-18-12-17-10-16(15(3)21-17)13-20(6)9-7-8-19(4)5/h10,14,18H,7-9,11-13H2,1-6H3. The van der Waals surface area contributed by atoms with Gasteiger partial charge in [-0.2, -0.15) is 0 Å². The van der Waals surface area contributed by atoms with Crippen molar-refractivity contribution in [2.45, 2.75) is 40.3 Å². The van der Waals surface area contributed by atoms with E-state index in [-0.39, 0.29) is 0 Å². The number of nitrogens with zero attached hydrogens (tertiary/aromatic N) is 2. The van der Waals surface area contributed by atoms with Crippen LogP contribution in [-0.4, -0.2) is 50.6 Å². The maximum Gasteiger partial charge on any atom is 0.0300 e. The van der Waals surface area contributed by atoms with Gasteiger partial charge in [-0.15, -0.1) is 11.3 Å². The van der Waals surface area contributed by atoms with Gasteiger partial charge in [0.2, 0.25) is 0 Å². The summed E-state index contributed by atoms with van der Waals surface area (Å²) in [5.74, 6) is 0.716. The molecule has 0 bridgehead atoms. The second kappa shape index (κ2) is 9.57. The Balaban J connectivity index is 2.39. The van der Waals surface area contributed by atoms with Crippen molar-refractivity contribution in [1.29, 1.82) is 0 Å². The SMILES string of the molecule is Cc1sc(CNCC(C)C)cc1CN(C)CCCN(C)C. The third kappa shape index (κ3) is 7.96. The van der Waals surface area contributed by atoms with Gasteiger partial charge in [0.1, 0.15) is 0 Å². The van der Waals surface area contributed by atoms with Crippen LogP contribution < -0.4 is 5.32 Å². The molecule has 0 unspecified atom stereocenters. The lowest BCUT2D eigenvalue weighted by Crippen LogP contribution is -2.23. The Labute approximate surface area is 135 Å².